The third-order valence-corrected chi connectivity index (χ3v) is 9.22. The molecule has 4 rings (SSSR count). The quantitative estimate of drug-likeness (QED) is 0.504. The number of hydrogen-bond donors (Lipinski definition) is 0. The predicted octanol–water partition coefficient (Wildman–Crippen LogP) is 7.17. The lowest BCUT2D eigenvalue weighted by atomic mass is 9.49. The van der Waals surface area contributed by atoms with Gasteiger partial charge in [0.25, 0.3) is 0 Å². The van der Waals surface area contributed by atoms with E-state index in [-0.39, 0.29) is 0 Å². The van der Waals surface area contributed by atoms with Crippen LogP contribution < -0.4 is 0 Å². The maximum absolute atomic E-state index is 2.66. The Kier molecular flexibility index (Phi) is 4.05. The van der Waals surface area contributed by atoms with E-state index in [9.17, 15) is 0 Å². The third kappa shape index (κ3) is 2.24. The van der Waals surface area contributed by atoms with E-state index in [0.29, 0.717) is 10.8 Å². The minimum absolute atomic E-state index is 0.492. The van der Waals surface area contributed by atoms with Gasteiger partial charge in [0.2, 0.25) is 0 Å². The molecule has 0 aromatic carbocycles. The van der Waals surface area contributed by atoms with Gasteiger partial charge >= 0.3 is 0 Å². The Labute approximate surface area is 150 Å². The highest BCUT2D eigenvalue weighted by Crippen LogP contribution is 2.66. The van der Waals surface area contributed by atoms with Crippen molar-refractivity contribution in [1.29, 1.82) is 0 Å². The molecule has 0 saturated heterocycles. The van der Waals surface area contributed by atoms with Crippen LogP contribution in [0.1, 0.15) is 86.0 Å². The summed E-state index contributed by atoms with van der Waals surface area (Å²) in [5.74, 6) is 4.49. The first kappa shape index (κ1) is 16.9. The number of allylic oxidation sites excluding steroid dienone is 4. The lowest BCUT2D eigenvalue weighted by molar-refractivity contribution is 0.0462. The maximum atomic E-state index is 2.66. The molecule has 3 saturated carbocycles. The van der Waals surface area contributed by atoms with Gasteiger partial charge in [-0.2, -0.15) is 0 Å². The molecule has 3 fully saturated rings. The molecule has 134 valence electrons. The van der Waals surface area contributed by atoms with Gasteiger partial charge in [0.1, 0.15) is 0 Å². The second-order valence-corrected chi connectivity index (χ2v) is 10.3. The molecule has 0 aromatic heterocycles. The second-order valence-electron chi connectivity index (χ2n) is 10.3. The van der Waals surface area contributed by atoms with E-state index < -0.39 is 0 Å². The van der Waals surface area contributed by atoms with Crippen LogP contribution in [-0.2, 0) is 0 Å². The summed E-state index contributed by atoms with van der Waals surface area (Å²) < 4.78 is 0. The fraction of sp³-hybridized carbons (Fsp3) is 0.833. The molecule has 0 N–H and O–H groups in total. The SMILES string of the molecule is CC[C@H](C)[C@H]1CC[C@H]2C3=CC=C4C[C@@H](C)CC[C@]4(C)[C@H]3CC[C@]12C. The van der Waals surface area contributed by atoms with Gasteiger partial charge in [0.05, 0.1) is 0 Å². The molecule has 0 heteroatoms. The van der Waals surface area contributed by atoms with Crippen LogP contribution in [0.5, 0.6) is 0 Å². The highest BCUT2D eigenvalue weighted by atomic mass is 14.6. The maximum Gasteiger partial charge on any atom is -0.00474 e. The standard InChI is InChI=1S/C24H38/c1-6-17(3)20-9-10-21-19-8-7-18-15-16(2)11-13-23(18,4)22(19)12-14-24(20,21)5/h7-8,16-17,20-22H,6,9-15H2,1-5H3/t16-,17-,20+,21-,22-,23-,24+/m0/s1. The smallest absolute Gasteiger partial charge is 0.00474 e. The molecule has 0 nitrogen and oxygen atoms in total. The molecule has 0 amide bonds. The van der Waals surface area contributed by atoms with Crippen molar-refractivity contribution in [2.45, 2.75) is 86.0 Å². The van der Waals surface area contributed by atoms with Crippen LogP contribution in [0.25, 0.3) is 0 Å². The van der Waals surface area contributed by atoms with Crippen LogP contribution in [-0.4, -0.2) is 0 Å². The first-order valence-electron chi connectivity index (χ1n) is 10.8. The molecule has 0 unspecified atom stereocenters. The third-order valence-electron chi connectivity index (χ3n) is 9.22. The van der Waals surface area contributed by atoms with Crippen LogP contribution in [0.2, 0.25) is 0 Å². The highest BCUT2D eigenvalue weighted by molar-refractivity contribution is 5.38. The summed E-state index contributed by atoms with van der Waals surface area (Å²) in [6.45, 7) is 12.6. The van der Waals surface area contributed by atoms with Gasteiger partial charge < -0.3 is 0 Å². The van der Waals surface area contributed by atoms with Gasteiger partial charge in [-0.3, -0.25) is 0 Å². The Morgan fingerprint density at radius 1 is 1.04 bits per heavy atom. The zero-order valence-electron chi connectivity index (χ0n) is 16.7. The monoisotopic (exact) mass is 326 g/mol. The van der Waals surface area contributed by atoms with E-state index in [2.05, 4.69) is 46.8 Å². The fourth-order valence-electron chi connectivity index (χ4n) is 7.44. The zero-order chi connectivity index (χ0) is 17.1. The number of fused-ring (bicyclic) bond motifs is 5. The van der Waals surface area contributed by atoms with Gasteiger partial charge in [-0.05, 0) is 85.4 Å². The fourth-order valence-corrected chi connectivity index (χ4v) is 7.44. The molecular formula is C24H38. The average Bonchev–Trinajstić information content (AvgIpc) is 2.92. The van der Waals surface area contributed by atoms with E-state index in [1.165, 1.54) is 51.4 Å². The molecule has 4 aliphatic carbocycles. The van der Waals surface area contributed by atoms with E-state index in [0.717, 1.165) is 29.6 Å². The van der Waals surface area contributed by atoms with Crippen molar-refractivity contribution in [3.8, 4) is 0 Å². The first-order chi connectivity index (χ1) is 11.4. The van der Waals surface area contributed by atoms with Crippen molar-refractivity contribution < 1.29 is 0 Å². The molecule has 0 radical (unpaired) electrons. The minimum atomic E-state index is 0.492. The van der Waals surface area contributed by atoms with E-state index in [1.807, 2.05) is 5.57 Å². The predicted molar refractivity (Wildman–Crippen MR) is 104 cm³/mol. The van der Waals surface area contributed by atoms with Crippen LogP contribution in [0.15, 0.2) is 23.3 Å². The highest BCUT2D eigenvalue weighted by Gasteiger charge is 2.56. The largest absolute Gasteiger partial charge is 0.0651 e. The summed E-state index contributed by atoms with van der Waals surface area (Å²) in [7, 11) is 0. The molecule has 0 aromatic rings. The zero-order valence-corrected chi connectivity index (χ0v) is 16.7. The summed E-state index contributed by atoms with van der Waals surface area (Å²) in [4.78, 5) is 0. The summed E-state index contributed by atoms with van der Waals surface area (Å²) >= 11 is 0. The second kappa shape index (κ2) is 5.75. The lowest BCUT2D eigenvalue weighted by Crippen LogP contribution is -2.46. The van der Waals surface area contributed by atoms with Crippen molar-refractivity contribution in [2.24, 2.45) is 40.4 Å². The van der Waals surface area contributed by atoms with E-state index in [1.54, 1.807) is 5.57 Å². The van der Waals surface area contributed by atoms with Crippen molar-refractivity contribution in [3.63, 3.8) is 0 Å². The van der Waals surface area contributed by atoms with Gasteiger partial charge in [-0.25, -0.2) is 0 Å². The van der Waals surface area contributed by atoms with Crippen LogP contribution >= 0.6 is 0 Å². The molecule has 0 spiro atoms. The van der Waals surface area contributed by atoms with E-state index in [4.69, 9.17) is 0 Å². The molecule has 4 aliphatic rings. The van der Waals surface area contributed by atoms with Gasteiger partial charge in [0.15, 0.2) is 0 Å². The molecule has 24 heavy (non-hydrogen) atoms. The molecule has 0 heterocycles. The first-order valence-corrected chi connectivity index (χ1v) is 10.8. The van der Waals surface area contributed by atoms with E-state index >= 15 is 0 Å². The van der Waals surface area contributed by atoms with Crippen LogP contribution in [0.3, 0.4) is 0 Å². The van der Waals surface area contributed by atoms with Crippen molar-refractivity contribution in [2.75, 3.05) is 0 Å². The molecular weight excluding hydrogens is 288 g/mol. The normalized spacial score (nSPS) is 48.7. The molecule has 7 atom stereocenters. The topological polar surface area (TPSA) is 0 Å². The Balaban J connectivity index is 1.68. The Morgan fingerprint density at radius 3 is 2.58 bits per heavy atom. The molecule has 0 aliphatic heterocycles. The Morgan fingerprint density at radius 2 is 1.83 bits per heavy atom. The van der Waals surface area contributed by atoms with Crippen molar-refractivity contribution >= 4 is 0 Å². The lowest BCUT2D eigenvalue weighted by Gasteiger charge is -2.55. The average molecular weight is 327 g/mol. The summed E-state index contributed by atoms with van der Waals surface area (Å²) in [6.07, 6.45) is 16.6. The Hall–Kier alpha value is -0.520. The summed E-state index contributed by atoms with van der Waals surface area (Å²) in [5, 5.41) is 0. The summed E-state index contributed by atoms with van der Waals surface area (Å²) in [6, 6.07) is 0. The van der Waals surface area contributed by atoms with Crippen molar-refractivity contribution in [3.05, 3.63) is 23.3 Å². The van der Waals surface area contributed by atoms with Crippen LogP contribution in [0.4, 0.5) is 0 Å². The number of hydrogen-bond acceptors (Lipinski definition) is 0. The minimum Gasteiger partial charge on any atom is -0.0651 e. The van der Waals surface area contributed by atoms with Gasteiger partial charge in [-0.1, -0.05) is 64.3 Å². The van der Waals surface area contributed by atoms with Crippen LogP contribution in [0, 0.1) is 40.4 Å². The Bertz CT molecular complexity index is 567. The number of rotatable bonds is 2. The molecule has 0 bridgehead atoms. The van der Waals surface area contributed by atoms with Gasteiger partial charge in [0, 0.05) is 0 Å². The summed E-state index contributed by atoms with van der Waals surface area (Å²) in [5.41, 5.74) is 4.73. The van der Waals surface area contributed by atoms with Gasteiger partial charge in [-0.15, -0.1) is 0 Å². The van der Waals surface area contributed by atoms with Crippen molar-refractivity contribution in [1.82, 2.24) is 0 Å².